The topological polar surface area (TPSA) is 135 Å². The van der Waals surface area contributed by atoms with Crippen LogP contribution in [-0.2, 0) is 27.3 Å². The Morgan fingerprint density at radius 2 is 1.00 bits per heavy atom. The van der Waals surface area contributed by atoms with E-state index in [0.29, 0.717) is 24.2 Å². The lowest BCUT2D eigenvalue weighted by Crippen LogP contribution is -2.32. The van der Waals surface area contributed by atoms with Crippen LogP contribution >= 0.6 is 0 Å². The van der Waals surface area contributed by atoms with Crippen LogP contribution in [0, 0.1) is 0 Å². The van der Waals surface area contributed by atoms with Crippen LogP contribution in [0.25, 0.3) is 11.2 Å². The van der Waals surface area contributed by atoms with Gasteiger partial charge in [-0.2, -0.15) is 9.97 Å². The molecule has 0 aliphatic carbocycles. The summed E-state index contributed by atoms with van der Waals surface area (Å²) in [6.07, 6.45) is 48.1. The number of carbonyl (C=O) groups is 2. The number of benzene rings is 1. The highest BCUT2D eigenvalue weighted by Crippen LogP contribution is 2.23. The molecule has 76 heavy (non-hydrogen) atoms. The highest BCUT2D eigenvalue weighted by Gasteiger charge is 2.19. The van der Waals surface area contributed by atoms with Crippen LogP contribution in [0.2, 0.25) is 0 Å². The second-order valence-corrected chi connectivity index (χ2v) is 22.2. The number of unbranched alkanes of at least 4 members (excludes halogenated alkanes) is 31. The highest BCUT2D eigenvalue weighted by atomic mass is 16.5. The van der Waals surface area contributed by atoms with Crippen molar-refractivity contribution in [2.45, 2.75) is 278 Å². The van der Waals surface area contributed by atoms with E-state index in [-0.39, 0.29) is 42.4 Å². The fourth-order valence-electron chi connectivity index (χ4n) is 10.6. The molecule has 1 aromatic carbocycles. The minimum atomic E-state index is -0.375. The molecule has 0 radical (unpaired) electrons. The number of fused-ring (bicyclic) bond motifs is 1. The smallest absolute Gasteiger partial charge is 0.328 e. The molecule has 0 unspecified atom stereocenters. The molecule has 12 heteroatoms. The van der Waals surface area contributed by atoms with Gasteiger partial charge in [-0.05, 0) is 88.9 Å². The van der Waals surface area contributed by atoms with E-state index in [2.05, 4.69) is 57.8 Å². The van der Waals surface area contributed by atoms with Gasteiger partial charge in [0.1, 0.15) is 5.52 Å². The molecule has 0 bridgehead atoms. The fraction of sp³-hybridized carbons (Fsp3) is 0.797. The number of aromatic nitrogens is 4. The van der Waals surface area contributed by atoms with Crippen molar-refractivity contribution < 1.29 is 19.1 Å². The number of amides is 1. The summed E-state index contributed by atoms with van der Waals surface area (Å²) in [5.74, 6) is -0.236. The Bertz CT molecular complexity index is 1950. The summed E-state index contributed by atoms with van der Waals surface area (Å²) in [4.78, 5) is 56.4. The molecule has 0 saturated heterocycles. The Morgan fingerprint density at radius 1 is 0.553 bits per heavy atom. The molecule has 12 nitrogen and oxygen atoms in total. The van der Waals surface area contributed by atoms with Crippen LogP contribution < -0.4 is 15.7 Å². The molecule has 0 fully saturated rings. The van der Waals surface area contributed by atoms with E-state index in [1.54, 1.807) is 0 Å². The number of hydrogen-bond acceptors (Lipinski definition) is 9. The number of nitrogens with one attached hydrogen (secondary N) is 2. The van der Waals surface area contributed by atoms with Crippen molar-refractivity contribution in [2.75, 3.05) is 58.3 Å². The predicted octanol–water partition coefficient (Wildman–Crippen LogP) is 16.3. The van der Waals surface area contributed by atoms with Crippen LogP contribution in [0.15, 0.2) is 29.1 Å². The van der Waals surface area contributed by atoms with E-state index in [1.807, 2.05) is 24.3 Å². The minimum Gasteiger partial charge on any atom is -0.469 e. The van der Waals surface area contributed by atoms with Gasteiger partial charge in [-0.15, -0.1) is 0 Å². The van der Waals surface area contributed by atoms with Crippen LogP contribution in [0.3, 0.4) is 0 Å². The van der Waals surface area contributed by atoms with Gasteiger partial charge in [-0.3, -0.25) is 14.2 Å². The third-order valence-corrected chi connectivity index (χ3v) is 15.4. The molecule has 0 atom stereocenters. The Kier molecular flexibility index (Phi) is 39.5. The number of methoxy groups -OCH3 is 1. The number of rotatable bonds is 52. The molecule has 0 saturated carbocycles. The predicted molar refractivity (Wildman–Crippen MR) is 320 cm³/mol. The van der Waals surface area contributed by atoms with Gasteiger partial charge < -0.3 is 29.6 Å². The van der Waals surface area contributed by atoms with E-state index in [0.717, 1.165) is 69.4 Å². The molecule has 434 valence electrons. The monoisotopic (exact) mass is 1060 g/mol. The number of esters is 1. The maximum absolute atomic E-state index is 13.5. The van der Waals surface area contributed by atoms with Crippen LogP contribution in [0.1, 0.15) is 276 Å². The summed E-state index contributed by atoms with van der Waals surface area (Å²) in [7, 11) is 1.37. The number of imidazole rings is 1. The SMILES string of the molecule is CCCCCCCCCCCCCCCCCN(CC)CCCN(CCCCCCCCCCCCCCCCC)CCCCCC(=O)Nc1nc(OCCCC)nc2c1[nH]c(=O)n2Cc1cccc(CC(=O)OC)c1. The number of H-pyrrole nitrogens is 1. The largest absolute Gasteiger partial charge is 0.469 e. The lowest BCUT2D eigenvalue weighted by atomic mass is 10.0. The molecule has 3 rings (SSSR count). The van der Waals surface area contributed by atoms with Crippen molar-refractivity contribution >= 4 is 28.9 Å². The normalized spacial score (nSPS) is 11.7. The summed E-state index contributed by atoms with van der Waals surface area (Å²) >= 11 is 0. The average molecular weight is 1060 g/mol. The Balaban J connectivity index is 1.46. The maximum Gasteiger partial charge on any atom is 0.328 e. The molecular formula is C64H113N7O5. The minimum absolute atomic E-state index is 0.115. The summed E-state index contributed by atoms with van der Waals surface area (Å²) < 4.78 is 12.3. The van der Waals surface area contributed by atoms with Gasteiger partial charge >= 0.3 is 17.7 Å². The van der Waals surface area contributed by atoms with E-state index in [4.69, 9.17) is 9.47 Å². The summed E-state index contributed by atoms with van der Waals surface area (Å²) in [5, 5.41) is 2.99. The zero-order chi connectivity index (χ0) is 54.5. The highest BCUT2D eigenvalue weighted by molar-refractivity contribution is 5.97. The average Bonchev–Trinajstić information content (AvgIpc) is 3.73. The summed E-state index contributed by atoms with van der Waals surface area (Å²) in [6.45, 7) is 16.5. The van der Waals surface area contributed by atoms with E-state index in [1.165, 1.54) is 224 Å². The van der Waals surface area contributed by atoms with Gasteiger partial charge in [0.15, 0.2) is 11.5 Å². The molecule has 2 heterocycles. The van der Waals surface area contributed by atoms with Crippen LogP contribution in [-0.4, -0.2) is 94.2 Å². The van der Waals surface area contributed by atoms with Crippen LogP contribution in [0.4, 0.5) is 5.82 Å². The summed E-state index contributed by atoms with van der Waals surface area (Å²) in [6, 6.07) is 7.61. The van der Waals surface area contributed by atoms with Gasteiger partial charge in [0.2, 0.25) is 5.91 Å². The lowest BCUT2D eigenvalue weighted by Gasteiger charge is -2.25. The number of anilines is 1. The van der Waals surface area contributed by atoms with Crippen molar-refractivity contribution in [3.8, 4) is 6.01 Å². The third-order valence-electron chi connectivity index (χ3n) is 15.4. The second kappa shape index (κ2) is 45.1. The Morgan fingerprint density at radius 3 is 1.50 bits per heavy atom. The number of nitrogens with zero attached hydrogens (tertiary/aromatic N) is 5. The molecule has 0 aliphatic heterocycles. The molecule has 3 aromatic rings. The number of carbonyl (C=O) groups excluding carboxylic acids is 2. The van der Waals surface area contributed by atoms with Gasteiger partial charge in [0, 0.05) is 6.42 Å². The first-order valence-electron chi connectivity index (χ1n) is 31.8. The zero-order valence-corrected chi connectivity index (χ0v) is 49.6. The van der Waals surface area contributed by atoms with Gasteiger partial charge in [-0.1, -0.05) is 245 Å². The quantitative estimate of drug-likeness (QED) is 0.0418. The van der Waals surface area contributed by atoms with E-state index in [9.17, 15) is 14.4 Å². The third kappa shape index (κ3) is 31.6. The lowest BCUT2D eigenvalue weighted by molar-refractivity contribution is -0.139. The van der Waals surface area contributed by atoms with Crippen molar-refractivity contribution in [1.82, 2.24) is 29.3 Å². The molecule has 0 aliphatic rings. The molecule has 0 spiro atoms. The molecule has 1 amide bonds. The van der Waals surface area contributed by atoms with Gasteiger partial charge in [0.05, 0.1) is 26.7 Å². The summed E-state index contributed by atoms with van der Waals surface area (Å²) in [5.41, 5.74) is 1.94. The Hall–Kier alpha value is -3.77. The first-order chi connectivity index (χ1) is 37.3. The Labute approximate surface area is 463 Å². The molecule has 2 N–H and O–H groups in total. The number of hydrogen-bond donors (Lipinski definition) is 2. The number of ether oxygens (including phenoxy) is 2. The maximum atomic E-state index is 13.5. The van der Waals surface area contributed by atoms with Gasteiger partial charge in [-0.25, -0.2) is 4.79 Å². The van der Waals surface area contributed by atoms with Crippen molar-refractivity contribution in [1.29, 1.82) is 0 Å². The molecular weight excluding hydrogens is 947 g/mol. The van der Waals surface area contributed by atoms with Crippen LogP contribution in [0.5, 0.6) is 6.01 Å². The molecule has 2 aromatic heterocycles. The second-order valence-electron chi connectivity index (χ2n) is 22.2. The van der Waals surface area contributed by atoms with E-state index < -0.39 is 0 Å². The van der Waals surface area contributed by atoms with Crippen molar-refractivity contribution in [3.05, 3.63) is 45.9 Å². The van der Waals surface area contributed by atoms with Crippen molar-refractivity contribution in [2.24, 2.45) is 0 Å². The standard InChI is InChI=1S/C64H113N7O5/c1-6-10-13-15-17-19-21-23-25-27-29-31-33-35-39-47-69(9-4)50-43-51-70(48-40-36-34-32-30-28-26-24-22-20-18-16-14-11-7-2)49-41-37-38-46-58(72)65-61-60-62(68-63(67-61)76-52-12-8-3)71(64(74)66-60)55-57-45-42-44-56(53-57)54-59(73)75-5/h42,44-45,53H,6-41,43,46-52,54-55H2,1-5H3,(H,66,74)(H,65,67,68,72). The first kappa shape index (κ1) is 66.5. The van der Waals surface area contributed by atoms with E-state index >= 15 is 0 Å². The fourth-order valence-corrected chi connectivity index (χ4v) is 10.6. The number of aromatic amines is 1. The first-order valence-corrected chi connectivity index (χ1v) is 31.8. The van der Waals surface area contributed by atoms with Gasteiger partial charge in [0.25, 0.3) is 0 Å². The van der Waals surface area contributed by atoms with Crippen molar-refractivity contribution in [3.63, 3.8) is 0 Å². The zero-order valence-electron chi connectivity index (χ0n) is 49.6.